The first-order chi connectivity index (χ1) is 8.17. The van der Waals surface area contributed by atoms with Crippen molar-refractivity contribution < 1.29 is 9.13 Å². The highest BCUT2D eigenvalue weighted by Gasteiger charge is 2.04. The van der Waals surface area contributed by atoms with Gasteiger partial charge in [0.1, 0.15) is 11.6 Å². The van der Waals surface area contributed by atoms with Gasteiger partial charge in [-0.3, -0.25) is 0 Å². The van der Waals surface area contributed by atoms with Crippen molar-refractivity contribution in [3.8, 4) is 11.8 Å². The van der Waals surface area contributed by atoms with E-state index in [0.29, 0.717) is 18.0 Å². The molecule has 1 aromatic heterocycles. The maximum atomic E-state index is 12.7. The number of rotatable bonds is 3. The summed E-state index contributed by atoms with van der Waals surface area (Å²) in [4.78, 5) is 8.23. The summed E-state index contributed by atoms with van der Waals surface area (Å²) in [5, 5.41) is 0. The van der Waals surface area contributed by atoms with Crippen molar-refractivity contribution in [1.29, 1.82) is 0 Å². The third kappa shape index (κ3) is 2.98. The van der Waals surface area contributed by atoms with Gasteiger partial charge < -0.3 is 10.5 Å². The molecular formula is C12H12FN3O. The molecule has 0 saturated heterocycles. The Labute approximate surface area is 98.3 Å². The molecule has 0 aliphatic heterocycles. The number of aromatic nitrogens is 2. The first-order valence-corrected chi connectivity index (χ1v) is 5.15. The summed E-state index contributed by atoms with van der Waals surface area (Å²) in [5.74, 6) is 0.171. The third-order valence-electron chi connectivity index (χ3n) is 2.12. The molecule has 1 aromatic carbocycles. The molecule has 5 heteroatoms. The third-order valence-corrected chi connectivity index (χ3v) is 2.12. The van der Waals surface area contributed by atoms with E-state index in [1.807, 2.05) is 6.92 Å². The van der Waals surface area contributed by atoms with E-state index in [9.17, 15) is 4.39 Å². The molecule has 17 heavy (non-hydrogen) atoms. The summed E-state index contributed by atoms with van der Waals surface area (Å²) in [6.07, 6.45) is 0. The Morgan fingerprint density at radius 2 is 1.94 bits per heavy atom. The van der Waals surface area contributed by atoms with Gasteiger partial charge in [-0.1, -0.05) is 0 Å². The summed E-state index contributed by atoms with van der Waals surface area (Å²) in [7, 11) is 0. The minimum Gasteiger partial charge on any atom is -0.424 e. The Morgan fingerprint density at radius 3 is 2.59 bits per heavy atom. The van der Waals surface area contributed by atoms with Gasteiger partial charge in [-0.25, -0.2) is 9.37 Å². The van der Waals surface area contributed by atoms with Crippen molar-refractivity contribution in [1.82, 2.24) is 9.97 Å². The maximum Gasteiger partial charge on any atom is 0.322 e. The summed E-state index contributed by atoms with van der Waals surface area (Å²) in [6.45, 7) is 2.15. The fraction of sp³-hybridized carbons (Fsp3) is 0.167. The summed E-state index contributed by atoms with van der Waals surface area (Å²) < 4.78 is 18.1. The predicted molar refractivity (Wildman–Crippen MR) is 61.1 cm³/mol. The molecule has 0 aliphatic rings. The molecule has 2 aromatic rings. The number of hydrogen-bond donors (Lipinski definition) is 1. The quantitative estimate of drug-likeness (QED) is 0.882. The van der Waals surface area contributed by atoms with Crippen LogP contribution in [0.3, 0.4) is 0 Å². The van der Waals surface area contributed by atoms with E-state index in [1.54, 1.807) is 6.07 Å². The van der Waals surface area contributed by atoms with Crippen LogP contribution in [-0.4, -0.2) is 9.97 Å². The average molecular weight is 233 g/mol. The van der Waals surface area contributed by atoms with Crippen molar-refractivity contribution in [2.45, 2.75) is 13.5 Å². The second-order valence-electron chi connectivity index (χ2n) is 3.54. The average Bonchev–Trinajstić information content (AvgIpc) is 2.31. The van der Waals surface area contributed by atoms with E-state index >= 15 is 0 Å². The van der Waals surface area contributed by atoms with Gasteiger partial charge in [0.05, 0.1) is 5.69 Å². The number of nitrogens with zero attached hydrogens (tertiary/aromatic N) is 2. The highest BCUT2D eigenvalue weighted by molar-refractivity contribution is 5.25. The minimum atomic E-state index is -0.315. The van der Waals surface area contributed by atoms with E-state index in [-0.39, 0.29) is 11.8 Å². The normalized spacial score (nSPS) is 10.3. The van der Waals surface area contributed by atoms with Crippen LogP contribution in [-0.2, 0) is 6.54 Å². The number of nitrogens with two attached hydrogens (primary N) is 1. The smallest absolute Gasteiger partial charge is 0.322 e. The number of halogens is 1. The Morgan fingerprint density at radius 1 is 1.24 bits per heavy atom. The van der Waals surface area contributed by atoms with Gasteiger partial charge in [0.25, 0.3) is 0 Å². The van der Waals surface area contributed by atoms with Gasteiger partial charge in [-0.15, -0.1) is 0 Å². The van der Waals surface area contributed by atoms with Crippen molar-refractivity contribution in [2.24, 2.45) is 5.73 Å². The molecule has 0 amide bonds. The SMILES string of the molecule is Cc1cc(CN)nc(Oc2ccc(F)cc2)n1. The van der Waals surface area contributed by atoms with Crippen LogP contribution in [0.15, 0.2) is 30.3 Å². The largest absolute Gasteiger partial charge is 0.424 e. The fourth-order valence-corrected chi connectivity index (χ4v) is 1.36. The maximum absolute atomic E-state index is 12.7. The molecule has 2 N–H and O–H groups in total. The van der Waals surface area contributed by atoms with Crippen LogP contribution >= 0.6 is 0 Å². The van der Waals surface area contributed by atoms with E-state index in [0.717, 1.165) is 5.69 Å². The molecule has 0 saturated carbocycles. The Hall–Kier alpha value is -2.01. The molecular weight excluding hydrogens is 221 g/mol. The topological polar surface area (TPSA) is 61.0 Å². The minimum absolute atomic E-state index is 0.219. The number of benzene rings is 1. The van der Waals surface area contributed by atoms with Gasteiger partial charge >= 0.3 is 6.01 Å². The molecule has 0 fully saturated rings. The standard InChI is InChI=1S/C12H12FN3O/c1-8-6-10(7-14)16-12(15-8)17-11-4-2-9(13)3-5-11/h2-6H,7,14H2,1H3. The fourth-order valence-electron chi connectivity index (χ4n) is 1.36. The highest BCUT2D eigenvalue weighted by atomic mass is 19.1. The van der Waals surface area contributed by atoms with E-state index < -0.39 is 0 Å². The zero-order valence-corrected chi connectivity index (χ0v) is 9.35. The molecule has 0 spiro atoms. The predicted octanol–water partition coefficient (Wildman–Crippen LogP) is 2.18. The van der Waals surface area contributed by atoms with Gasteiger partial charge in [-0.05, 0) is 37.3 Å². The van der Waals surface area contributed by atoms with Crippen LogP contribution in [0.25, 0.3) is 0 Å². The lowest BCUT2D eigenvalue weighted by Gasteiger charge is -2.06. The monoisotopic (exact) mass is 233 g/mol. The number of hydrogen-bond acceptors (Lipinski definition) is 4. The van der Waals surface area contributed by atoms with Crippen molar-refractivity contribution >= 4 is 0 Å². The lowest BCUT2D eigenvalue weighted by Crippen LogP contribution is -2.03. The number of aryl methyl sites for hydroxylation is 1. The number of ether oxygens (including phenoxy) is 1. The van der Waals surface area contributed by atoms with Crippen molar-refractivity contribution in [3.63, 3.8) is 0 Å². The van der Waals surface area contributed by atoms with E-state index in [4.69, 9.17) is 10.5 Å². The molecule has 88 valence electrons. The zero-order valence-electron chi connectivity index (χ0n) is 9.35. The first-order valence-electron chi connectivity index (χ1n) is 5.15. The summed E-state index contributed by atoms with van der Waals surface area (Å²) in [5.41, 5.74) is 6.98. The molecule has 2 rings (SSSR count). The van der Waals surface area contributed by atoms with E-state index in [2.05, 4.69) is 9.97 Å². The highest BCUT2D eigenvalue weighted by Crippen LogP contribution is 2.18. The van der Waals surface area contributed by atoms with Crippen LogP contribution in [0.2, 0.25) is 0 Å². The molecule has 0 bridgehead atoms. The van der Waals surface area contributed by atoms with Gasteiger partial charge in [0, 0.05) is 12.2 Å². The van der Waals surface area contributed by atoms with E-state index in [1.165, 1.54) is 24.3 Å². The molecule has 0 atom stereocenters. The molecule has 0 radical (unpaired) electrons. The van der Waals surface area contributed by atoms with Crippen LogP contribution in [0.1, 0.15) is 11.4 Å². The van der Waals surface area contributed by atoms with Crippen LogP contribution in [0.5, 0.6) is 11.8 Å². The van der Waals surface area contributed by atoms with Gasteiger partial charge in [0.15, 0.2) is 0 Å². The van der Waals surface area contributed by atoms with Crippen LogP contribution < -0.4 is 10.5 Å². The lowest BCUT2D eigenvalue weighted by molar-refractivity contribution is 0.436. The first kappa shape index (κ1) is 11.5. The Kier molecular flexibility index (Phi) is 3.30. The van der Waals surface area contributed by atoms with Gasteiger partial charge in [-0.2, -0.15) is 4.98 Å². The second-order valence-corrected chi connectivity index (χ2v) is 3.54. The molecule has 0 unspecified atom stereocenters. The second kappa shape index (κ2) is 4.88. The van der Waals surface area contributed by atoms with Crippen molar-refractivity contribution in [3.05, 3.63) is 47.5 Å². The van der Waals surface area contributed by atoms with Crippen molar-refractivity contribution in [2.75, 3.05) is 0 Å². The lowest BCUT2D eigenvalue weighted by atomic mass is 10.3. The Bertz CT molecular complexity index is 514. The molecule has 4 nitrogen and oxygen atoms in total. The van der Waals surface area contributed by atoms with Gasteiger partial charge in [0.2, 0.25) is 0 Å². The molecule has 1 heterocycles. The summed E-state index contributed by atoms with van der Waals surface area (Å²) >= 11 is 0. The van der Waals surface area contributed by atoms with Crippen LogP contribution in [0.4, 0.5) is 4.39 Å². The van der Waals surface area contributed by atoms with Crippen LogP contribution in [0, 0.1) is 12.7 Å². The molecule has 0 aliphatic carbocycles. The zero-order chi connectivity index (χ0) is 12.3. The Balaban J connectivity index is 2.23. The summed E-state index contributed by atoms with van der Waals surface area (Å²) in [6, 6.07) is 7.67.